The highest BCUT2D eigenvalue weighted by Gasteiger charge is 2.38. The molecule has 3 aromatic carbocycles. The first-order chi connectivity index (χ1) is 23.4. The van der Waals surface area contributed by atoms with Crippen molar-refractivity contribution in [3.63, 3.8) is 0 Å². The lowest BCUT2D eigenvalue weighted by Gasteiger charge is -2.40. The average Bonchev–Trinajstić information content (AvgIpc) is 3.12. The molecule has 1 aromatic heterocycles. The number of hydrogen-bond acceptors (Lipinski definition) is 5. The van der Waals surface area contributed by atoms with E-state index in [1.807, 2.05) is 37.3 Å². The summed E-state index contributed by atoms with van der Waals surface area (Å²) < 4.78 is 40.9. The number of alkyl halides is 3. The number of aliphatic hydroxyl groups is 1. The van der Waals surface area contributed by atoms with E-state index in [-0.39, 0.29) is 23.8 Å². The Kier molecular flexibility index (Phi) is 11.0. The van der Waals surface area contributed by atoms with Gasteiger partial charge in [-0.1, -0.05) is 92.1 Å². The van der Waals surface area contributed by atoms with E-state index in [0.717, 1.165) is 37.0 Å². The first kappa shape index (κ1) is 35.6. The van der Waals surface area contributed by atoms with Crippen LogP contribution in [0.1, 0.15) is 94.2 Å². The summed E-state index contributed by atoms with van der Waals surface area (Å²) in [6, 6.07) is 24.6. The van der Waals surface area contributed by atoms with Crippen LogP contribution in [0.15, 0.2) is 102 Å². The summed E-state index contributed by atoms with van der Waals surface area (Å²) in [5, 5.41) is 17.8. The number of aliphatic hydroxyl groups excluding tert-OH is 1. The number of amides is 2. The number of halogens is 3. The van der Waals surface area contributed by atoms with Gasteiger partial charge in [0.05, 0.1) is 23.8 Å². The maximum atomic E-state index is 13.7. The molecule has 1 heterocycles. The third-order valence-electron chi connectivity index (χ3n) is 9.45. The maximum Gasteiger partial charge on any atom is 0.416 e. The number of aromatic amines is 1. The number of nitrogens with zero attached hydrogens (tertiary/aromatic N) is 1. The molecule has 2 amide bonds. The maximum absolute atomic E-state index is 13.7. The summed E-state index contributed by atoms with van der Waals surface area (Å²) in [5.74, 6) is -1.17. The van der Waals surface area contributed by atoms with Gasteiger partial charge in [0.1, 0.15) is 5.69 Å². The molecule has 4 aromatic rings. The van der Waals surface area contributed by atoms with E-state index in [4.69, 9.17) is 0 Å². The fraction of sp³-hybridized carbons (Fsp3) is 0.342. The Morgan fingerprint density at radius 1 is 0.898 bits per heavy atom. The lowest BCUT2D eigenvalue weighted by atomic mass is 9.76. The van der Waals surface area contributed by atoms with Gasteiger partial charge in [0.25, 0.3) is 11.8 Å². The van der Waals surface area contributed by atoms with E-state index >= 15 is 0 Å². The van der Waals surface area contributed by atoms with Crippen molar-refractivity contribution in [2.24, 2.45) is 0 Å². The summed E-state index contributed by atoms with van der Waals surface area (Å²) >= 11 is 0. The van der Waals surface area contributed by atoms with Crippen LogP contribution in [0.5, 0.6) is 0 Å². The third-order valence-corrected chi connectivity index (χ3v) is 9.45. The highest BCUT2D eigenvalue weighted by molar-refractivity contribution is 5.98. The van der Waals surface area contributed by atoms with Crippen LogP contribution in [0.3, 0.4) is 0 Å². The Morgan fingerprint density at radius 2 is 1.53 bits per heavy atom. The number of rotatable bonds is 11. The van der Waals surface area contributed by atoms with Crippen LogP contribution in [0.25, 0.3) is 0 Å². The van der Waals surface area contributed by atoms with Gasteiger partial charge in [-0.05, 0) is 54.7 Å². The number of hydrogen-bond donors (Lipinski definition) is 4. The van der Waals surface area contributed by atoms with Crippen LogP contribution in [0.2, 0.25) is 0 Å². The Hall–Kier alpha value is -4.74. The molecular formula is C38H41F3N4O4. The number of aromatic nitrogens is 1. The van der Waals surface area contributed by atoms with Crippen LogP contribution >= 0.6 is 0 Å². The van der Waals surface area contributed by atoms with Crippen molar-refractivity contribution in [2.75, 3.05) is 13.6 Å². The van der Waals surface area contributed by atoms with Gasteiger partial charge in [0.2, 0.25) is 5.56 Å². The molecule has 0 saturated heterocycles. The smallest absolute Gasteiger partial charge is 0.389 e. The first-order valence-electron chi connectivity index (χ1n) is 16.4. The molecular weight excluding hydrogens is 633 g/mol. The lowest BCUT2D eigenvalue weighted by Crippen LogP contribution is -2.50. The summed E-state index contributed by atoms with van der Waals surface area (Å²) in [6.07, 6.45) is -1.97. The van der Waals surface area contributed by atoms with E-state index < -0.39 is 46.8 Å². The molecule has 0 aliphatic heterocycles. The predicted molar refractivity (Wildman–Crippen MR) is 181 cm³/mol. The van der Waals surface area contributed by atoms with Crippen molar-refractivity contribution in [3.05, 3.63) is 141 Å². The number of benzene rings is 3. The van der Waals surface area contributed by atoms with E-state index in [1.54, 1.807) is 43.4 Å². The Labute approximate surface area is 283 Å². The minimum Gasteiger partial charge on any atom is -0.389 e. The zero-order valence-corrected chi connectivity index (χ0v) is 27.5. The Balaban J connectivity index is 1.37. The van der Waals surface area contributed by atoms with E-state index in [2.05, 4.69) is 15.6 Å². The predicted octanol–water partition coefficient (Wildman–Crippen LogP) is 6.51. The molecule has 1 fully saturated rings. The van der Waals surface area contributed by atoms with Crippen molar-refractivity contribution in [3.8, 4) is 0 Å². The van der Waals surface area contributed by atoms with E-state index in [9.17, 15) is 32.7 Å². The average molecular weight is 675 g/mol. The zero-order chi connectivity index (χ0) is 35.2. The molecule has 3 atom stereocenters. The van der Waals surface area contributed by atoms with Gasteiger partial charge in [-0.15, -0.1) is 0 Å². The van der Waals surface area contributed by atoms with Crippen molar-refractivity contribution in [1.29, 1.82) is 0 Å². The summed E-state index contributed by atoms with van der Waals surface area (Å²) in [5.41, 5.74) is -0.333. The van der Waals surface area contributed by atoms with Crippen molar-refractivity contribution in [2.45, 2.75) is 68.9 Å². The standard InChI is InChI=1S/C38H41F3N4O4/c1-25(26-13-6-3-7-14-26)45(2)36(49)28-21-31(43-33(47)22-28)35(48)44-34(27-15-8-4-9-16-27)32(46)24-42-37(19-10-5-11-20-37)29-17-12-18-30(23-29)38(39,40)41/h3-4,6-9,12-18,21-23,25,32,34,42,46H,5,10-11,19-20,24H2,1-2H3,(H,43,47)(H,44,48)/t25-,32-,34+/m1/s1. The second kappa shape index (κ2) is 15.2. The monoisotopic (exact) mass is 674 g/mol. The number of H-pyrrole nitrogens is 1. The summed E-state index contributed by atoms with van der Waals surface area (Å²) in [7, 11) is 1.62. The Morgan fingerprint density at radius 3 is 2.16 bits per heavy atom. The quantitative estimate of drug-likeness (QED) is 0.145. The van der Waals surface area contributed by atoms with Crippen LogP contribution in [0, 0.1) is 0 Å². The molecule has 1 saturated carbocycles. The molecule has 1 aliphatic carbocycles. The molecule has 0 unspecified atom stereocenters. The van der Waals surface area contributed by atoms with Crippen LogP contribution in [-0.4, -0.2) is 46.5 Å². The number of carbonyl (C=O) groups excluding carboxylic acids is 2. The highest BCUT2D eigenvalue weighted by Crippen LogP contribution is 2.40. The van der Waals surface area contributed by atoms with Crippen LogP contribution in [-0.2, 0) is 11.7 Å². The third kappa shape index (κ3) is 8.47. The molecule has 49 heavy (non-hydrogen) atoms. The molecule has 0 bridgehead atoms. The van der Waals surface area contributed by atoms with Crippen molar-refractivity contribution >= 4 is 11.8 Å². The van der Waals surface area contributed by atoms with E-state index in [0.29, 0.717) is 24.0 Å². The summed E-state index contributed by atoms with van der Waals surface area (Å²) in [6.45, 7) is 1.81. The van der Waals surface area contributed by atoms with E-state index in [1.165, 1.54) is 23.1 Å². The van der Waals surface area contributed by atoms with Gasteiger partial charge in [-0.2, -0.15) is 13.2 Å². The molecule has 0 radical (unpaired) electrons. The van der Waals surface area contributed by atoms with Crippen LogP contribution in [0.4, 0.5) is 13.2 Å². The molecule has 0 spiro atoms. The van der Waals surface area contributed by atoms with Gasteiger partial charge in [-0.3, -0.25) is 14.4 Å². The highest BCUT2D eigenvalue weighted by atomic mass is 19.4. The minimum atomic E-state index is -4.49. The van der Waals surface area contributed by atoms with Crippen LogP contribution < -0.4 is 16.2 Å². The number of nitrogens with one attached hydrogen (secondary N) is 3. The van der Waals surface area contributed by atoms with Crippen molar-refractivity contribution < 1.29 is 27.9 Å². The normalized spacial score (nSPS) is 16.3. The molecule has 4 N–H and O–H groups in total. The minimum absolute atomic E-state index is 0.0259. The van der Waals surface area contributed by atoms with Crippen molar-refractivity contribution in [1.82, 2.24) is 20.5 Å². The Bertz CT molecular complexity index is 1790. The topological polar surface area (TPSA) is 115 Å². The number of pyridine rings is 1. The lowest BCUT2D eigenvalue weighted by molar-refractivity contribution is -0.137. The fourth-order valence-electron chi connectivity index (χ4n) is 6.54. The molecule has 258 valence electrons. The van der Waals surface area contributed by atoms with Gasteiger partial charge in [-0.25, -0.2) is 0 Å². The molecule has 5 rings (SSSR count). The molecule has 8 nitrogen and oxygen atoms in total. The van der Waals surface area contributed by atoms with Gasteiger partial charge in [0, 0.05) is 30.8 Å². The SMILES string of the molecule is C[C@H](c1ccccc1)N(C)C(=O)c1cc(C(=O)N[C@@H](c2ccccc2)[C@H](O)CNC2(c3cccc(C(F)(F)F)c3)CCCCC2)[nH]c(=O)c1. The first-order valence-corrected chi connectivity index (χ1v) is 16.4. The van der Waals surface area contributed by atoms with Gasteiger partial charge in [0.15, 0.2) is 0 Å². The summed E-state index contributed by atoms with van der Waals surface area (Å²) in [4.78, 5) is 43.7. The number of carbonyl (C=O) groups is 2. The molecule has 1 aliphatic rings. The fourth-order valence-corrected chi connectivity index (χ4v) is 6.54. The van der Waals surface area contributed by atoms with Gasteiger partial charge < -0.3 is 25.6 Å². The largest absolute Gasteiger partial charge is 0.416 e. The second-order valence-electron chi connectivity index (χ2n) is 12.7. The van der Waals surface area contributed by atoms with Gasteiger partial charge >= 0.3 is 6.18 Å². The molecule has 11 heteroatoms. The second-order valence-corrected chi connectivity index (χ2v) is 12.7. The zero-order valence-electron chi connectivity index (χ0n) is 27.5.